The van der Waals surface area contributed by atoms with Crippen molar-refractivity contribution in [3.63, 3.8) is 0 Å². The van der Waals surface area contributed by atoms with Crippen LogP contribution in [0.1, 0.15) is 30.3 Å². The van der Waals surface area contributed by atoms with Crippen LogP contribution in [0.2, 0.25) is 0 Å². The molecule has 1 saturated carbocycles. The van der Waals surface area contributed by atoms with Gasteiger partial charge >= 0.3 is 0 Å². The van der Waals surface area contributed by atoms with Gasteiger partial charge in [-0.05, 0) is 53.0 Å². The maximum absolute atomic E-state index is 12.9. The molecule has 1 aliphatic carbocycles. The van der Waals surface area contributed by atoms with E-state index in [4.69, 9.17) is 0 Å². The summed E-state index contributed by atoms with van der Waals surface area (Å²) >= 11 is 5.20. The summed E-state index contributed by atoms with van der Waals surface area (Å²) in [7, 11) is 1.86. The first-order valence-corrected chi connectivity index (χ1v) is 8.57. The van der Waals surface area contributed by atoms with Crippen LogP contribution < -0.4 is 5.32 Å². The molecule has 2 aromatic rings. The SMILES string of the molecule is CNc1nc(CSc2ccc(F)cc2)nc(C2CC2)c1Br. The fourth-order valence-electron chi connectivity index (χ4n) is 2.05. The molecule has 3 rings (SSSR count). The molecule has 110 valence electrons. The van der Waals surface area contributed by atoms with E-state index < -0.39 is 0 Å². The van der Waals surface area contributed by atoms with Gasteiger partial charge in [0.25, 0.3) is 0 Å². The van der Waals surface area contributed by atoms with E-state index in [-0.39, 0.29) is 5.82 Å². The zero-order valence-electron chi connectivity index (χ0n) is 11.6. The maximum Gasteiger partial charge on any atom is 0.144 e. The highest BCUT2D eigenvalue weighted by atomic mass is 79.9. The van der Waals surface area contributed by atoms with Crippen LogP contribution in [-0.2, 0) is 5.75 Å². The van der Waals surface area contributed by atoms with Crippen LogP contribution in [0.25, 0.3) is 0 Å². The van der Waals surface area contributed by atoms with Gasteiger partial charge in [0.2, 0.25) is 0 Å². The minimum absolute atomic E-state index is 0.215. The molecule has 21 heavy (non-hydrogen) atoms. The van der Waals surface area contributed by atoms with E-state index in [0.29, 0.717) is 11.7 Å². The summed E-state index contributed by atoms with van der Waals surface area (Å²) < 4.78 is 13.9. The average Bonchev–Trinajstić information content (AvgIpc) is 3.32. The van der Waals surface area contributed by atoms with Gasteiger partial charge in [-0.15, -0.1) is 11.8 Å². The van der Waals surface area contributed by atoms with Crippen molar-refractivity contribution >= 4 is 33.5 Å². The minimum Gasteiger partial charge on any atom is -0.372 e. The molecule has 0 aliphatic heterocycles. The predicted molar refractivity (Wildman–Crippen MR) is 87.2 cm³/mol. The lowest BCUT2D eigenvalue weighted by molar-refractivity contribution is 0.626. The highest BCUT2D eigenvalue weighted by Gasteiger charge is 2.29. The summed E-state index contributed by atoms with van der Waals surface area (Å²) in [6.45, 7) is 0. The summed E-state index contributed by atoms with van der Waals surface area (Å²) in [6.07, 6.45) is 2.40. The van der Waals surface area contributed by atoms with Crippen LogP contribution in [0, 0.1) is 5.82 Å². The minimum atomic E-state index is -0.215. The van der Waals surface area contributed by atoms with Crippen molar-refractivity contribution in [2.45, 2.75) is 29.4 Å². The number of nitrogens with zero attached hydrogens (tertiary/aromatic N) is 2. The number of halogens is 2. The Hall–Kier alpha value is -1.14. The van der Waals surface area contributed by atoms with Crippen molar-refractivity contribution in [1.82, 2.24) is 9.97 Å². The lowest BCUT2D eigenvalue weighted by Crippen LogP contribution is -2.04. The summed E-state index contributed by atoms with van der Waals surface area (Å²) in [6, 6.07) is 6.50. The Balaban J connectivity index is 1.78. The third kappa shape index (κ3) is 3.55. The van der Waals surface area contributed by atoms with Crippen LogP contribution in [-0.4, -0.2) is 17.0 Å². The third-order valence-corrected chi connectivity index (χ3v) is 5.10. The topological polar surface area (TPSA) is 37.8 Å². The van der Waals surface area contributed by atoms with E-state index in [0.717, 1.165) is 26.7 Å². The summed E-state index contributed by atoms with van der Waals surface area (Å²) in [4.78, 5) is 10.2. The molecule has 0 atom stereocenters. The normalized spacial score (nSPS) is 14.2. The molecule has 0 spiro atoms. The van der Waals surface area contributed by atoms with Crippen LogP contribution >= 0.6 is 27.7 Å². The first kappa shape index (κ1) is 14.8. The van der Waals surface area contributed by atoms with Crippen molar-refractivity contribution in [3.8, 4) is 0 Å². The fraction of sp³-hybridized carbons (Fsp3) is 0.333. The molecule has 0 unspecified atom stereocenters. The average molecular weight is 368 g/mol. The van der Waals surface area contributed by atoms with Gasteiger partial charge in [-0.2, -0.15) is 0 Å². The van der Waals surface area contributed by atoms with E-state index >= 15 is 0 Å². The molecular weight excluding hydrogens is 353 g/mol. The second-order valence-corrected chi connectivity index (χ2v) is 6.80. The number of nitrogens with one attached hydrogen (secondary N) is 1. The number of rotatable bonds is 5. The summed E-state index contributed by atoms with van der Waals surface area (Å²) in [5.41, 5.74) is 1.10. The number of aromatic nitrogens is 2. The van der Waals surface area contributed by atoms with Gasteiger partial charge in [0.05, 0.1) is 15.9 Å². The van der Waals surface area contributed by atoms with Gasteiger partial charge in [-0.25, -0.2) is 14.4 Å². The second kappa shape index (κ2) is 6.32. The van der Waals surface area contributed by atoms with Crippen molar-refractivity contribution in [1.29, 1.82) is 0 Å². The molecule has 0 saturated heterocycles. The molecule has 1 fully saturated rings. The van der Waals surface area contributed by atoms with E-state index in [1.54, 1.807) is 23.9 Å². The highest BCUT2D eigenvalue weighted by molar-refractivity contribution is 9.10. The Bertz CT molecular complexity index is 644. The number of hydrogen-bond acceptors (Lipinski definition) is 4. The Morgan fingerprint density at radius 2 is 2.00 bits per heavy atom. The molecule has 3 nitrogen and oxygen atoms in total. The largest absolute Gasteiger partial charge is 0.372 e. The quantitative estimate of drug-likeness (QED) is 0.784. The van der Waals surface area contributed by atoms with E-state index in [2.05, 4.69) is 31.2 Å². The van der Waals surface area contributed by atoms with E-state index in [1.807, 2.05) is 7.05 Å². The van der Waals surface area contributed by atoms with Crippen molar-refractivity contribution in [2.24, 2.45) is 0 Å². The molecule has 1 N–H and O–H groups in total. The highest BCUT2D eigenvalue weighted by Crippen LogP contribution is 2.44. The molecular formula is C15H15BrFN3S. The molecule has 1 aliphatic rings. The van der Waals surface area contributed by atoms with Crippen molar-refractivity contribution < 1.29 is 4.39 Å². The molecule has 1 aromatic carbocycles. The molecule has 6 heteroatoms. The van der Waals surface area contributed by atoms with Crippen LogP contribution in [0.5, 0.6) is 0 Å². The zero-order chi connectivity index (χ0) is 14.8. The third-order valence-electron chi connectivity index (χ3n) is 3.31. The lowest BCUT2D eigenvalue weighted by Gasteiger charge is -2.10. The second-order valence-electron chi connectivity index (χ2n) is 4.95. The van der Waals surface area contributed by atoms with E-state index in [9.17, 15) is 4.39 Å². The van der Waals surface area contributed by atoms with Crippen molar-refractivity contribution in [2.75, 3.05) is 12.4 Å². The smallest absolute Gasteiger partial charge is 0.144 e. The van der Waals surface area contributed by atoms with E-state index in [1.165, 1.54) is 25.0 Å². The van der Waals surface area contributed by atoms with Gasteiger partial charge in [0.15, 0.2) is 0 Å². The van der Waals surface area contributed by atoms with Gasteiger partial charge in [0, 0.05) is 17.9 Å². The van der Waals surface area contributed by atoms with Gasteiger partial charge in [-0.3, -0.25) is 0 Å². The summed E-state index contributed by atoms with van der Waals surface area (Å²) in [5, 5.41) is 3.11. The van der Waals surface area contributed by atoms with Crippen LogP contribution in [0.4, 0.5) is 10.2 Å². The number of benzene rings is 1. The Kier molecular flexibility index (Phi) is 4.45. The zero-order valence-corrected chi connectivity index (χ0v) is 14.0. The fourth-order valence-corrected chi connectivity index (χ4v) is 3.50. The molecule has 0 radical (unpaired) electrons. The van der Waals surface area contributed by atoms with Gasteiger partial charge < -0.3 is 5.32 Å². The molecule has 0 bridgehead atoms. The molecule has 1 aromatic heterocycles. The van der Waals surface area contributed by atoms with Crippen LogP contribution in [0.3, 0.4) is 0 Å². The Morgan fingerprint density at radius 1 is 1.29 bits per heavy atom. The molecule has 0 amide bonds. The number of anilines is 1. The van der Waals surface area contributed by atoms with Crippen molar-refractivity contribution in [3.05, 3.63) is 46.1 Å². The van der Waals surface area contributed by atoms with Crippen LogP contribution in [0.15, 0.2) is 33.6 Å². The molecule has 1 heterocycles. The van der Waals surface area contributed by atoms with Gasteiger partial charge in [-0.1, -0.05) is 0 Å². The number of hydrogen-bond donors (Lipinski definition) is 1. The number of thioether (sulfide) groups is 1. The first-order chi connectivity index (χ1) is 10.2. The standard InChI is InChI=1S/C15H15BrFN3S/c1-18-15-13(16)14(9-2-3-9)19-12(20-15)8-21-11-6-4-10(17)5-7-11/h4-7,9H,2-3,8H2,1H3,(H,18,19,20). The first-order valence-electron chi connectivity index (χ1n) is 6.80. The maximum atomic E-state index is 12.9. The monoisotopic (exact) mass is 367 g/mol. The Morgan fingerprint density at radius 3 is 2.62 bits per heavy atom. The summed E-state index contributed by atoms with van der Waals surface area (Å²) in [5.74, 6) is 2.66. The Labute approximate surface area is 135 Å². The predicted octanol–water partition coefficient (Wildman–Crippen LogP) is 4.59. The van der Waals surface area contributed by atoms with Gasteiger partial charge in [0.1, 0.15) is 17.5 Å². The lowest BCUT2D eigenvalue weighted by atomic mass is 10.2.